The van der Waals surface area contributed by atoms with Gasteiger partial charge < -0.3 is 10.0 Å². The lowest BCUT2D eigenvalue weighted by molar-refractivity contribution is 0.0272. The molecule has 1 aromatic carbocycles. The molecule has 0 amide bonds. The Morgan fingerprint density at radius 3 is 2.80 bits per heavy atom. The SMILES string of the molecule is CCn1nc(CN(C)CC2CC(O)C2)c2ccccc21. The Hall–Kier alpha value is -1.39. The van der Waals surface area contributed by atoms with E-state index in [-0.39, 0.29) is 6.10 Å². The van der Waals surface area contributed by atoms with Gasteiger partial charge in [0, 0.05) is 25.0 Å². The van der Waals surface area contributed by atoms with Gasteiger partial charge in [0.05, 0.1) is 17.3 Å². The number of para-hydroxylation sites is 1. The number of rotatable bonds is 5. The number of aryl methyl sites for hydroxylation is 1. The van der Waals surface area contributed by atoms with Crippen molar-refractivity contribution in [2.75, 3.05) is 13.6 Å². The standard InChI is InChI=1S/C16H23N3O/c1-3-19-16-7-5-4-6-14(16)15(17-19)11-18(2)10-12-8-13(20)9-12/h4-7,12-13,20H,3,8-11H2,1-2H3. The molecule has 0 saturated heterocycles. The first kappa shape index (κ1) is 13.6. The maximum Gasteiger partial charge on any atom is 0.0843 e. The van der Waals surface area contributed by atoms with Crippen molar-refractivity contribution in [1.29, 1.82) is 0 Å². The number of aromatic nitrogens is 2. The molecule has 1 N–H and O–H groups in total. The Kier molecular flexibility index (Phi) is 3.76. The highest BCUT2D eigenvalue weighted by atomic mass is 16.3. The summed E-state index contributed by atoms with van der Waals surface area (Å²) < 4.78 is 2.08. The molecule has 0 aliphatic heterocycles. The molecule has 4 nitrogen and oxygen atoms in total. The number of nitrogens with zero attached hydrogens (tertiary/aromatic N) is 3. The van der Waals surface area contributed by atoms with Gasteiger partial charge in [-0.2, -0.15) is 5.10 Å². The van der Waals surface area contributed by atoms with Crippen LogP contribution in [-0.2, 0) is 13.1 Å². The number of aliphatic hydroxyl groups excluding tert-OH is 1. The van der Waals surface area contributed by atoms with Crippen molar-refractivity contribution in [1.82, 2.24) is 14.7 Å². The molecule has 0 bridgehead atoms. The van der Waals surface area contributed by atoms with Crippen LogP contribution in [0.2, 0.25) is 0 Å². The monoisotopic (exact) mass is 273 g/mol. The quantitative estimate of drug-likeness (QED) is 0.908. The molecule has 108 valence electrons. The molecule has 20 heavy (non-hydrogen) atoms. The van der Waals surface area contributed by atoms with E-state index < -0.39 is 0 Å². The zero-order chi connectivity index (χ0) is 14.1. The molecule has 1 aliphatic rings. The van der Waals surface area contributed by atoms with E-state index in [4.69, 9.17) is 5.10 Å². The molecule has 2 aromatic rings. The van der Waals surface area contributed by atoms with Gasteiger partial charge in [-0.1, -0.05) is 18.2 Å². The summed E-state index contributed by atoms with van der Waals surface area (Å²) in [5.74, 6) is 0.648. The Morgan fingerprint density at radius 1 is 1.35 bits per heavy atom. The van der Waals surface area contributed by atoms with Gasteiger partial charge in [0.15, 0.2) is 0 Å². The van der Waals surface area contributed by atoms with Crippen LogP contribution < -0.4 is 0 Å². The second-order valence-electron chi connectivity index (χ2n) is 5.97. The van der Waals surface area contributed by atoms with Gasteiger partial charge in [-0.15, -0.1) is 0 Å². The molecule has 1 fully saturated rings. The van der Waals surface area contributed by atoms with Crippen molar-refractivity contribution in [3.05, 3.63) is 30.0 Å². The van der Waals surface area contributed by atoms with Gasteiger partial charge in [-0.25, -0.2) is 0 Å². The van der Waals surface area contributed by atoms with Crippen LogP contribution in [-0.4, -0.2) is 39.5 Å². The summed E-state index contributed by atoms with van der Waals surface area (Å²) in [7, 11) is 2.14. The maximum atomic E-state index is 9.36. The summed E-state index contributed by atoms with van der Waals surface area (Å²) in [4.78, 5) is 2.32. The van der Waals surface area contributed by atoms with Crippen molar-refractivity contribution >= 4 is 10.9 Å². The Bertz CT molecular complexity index is 586. The lowest BCUT2D eigenvalue weighted by Crippen LogP contribution is -2.36. The van der Waals surface area contributed by atoms with Crippen molar-refractivity contribution in [3.63, 3.8) is 0 Å². The molecular formula is C16H23N3O. The Labute approximate surface area is 120 Å². The van der Waals surface area contributed by atoms with Gasteiger partial charge in [0.1, 0.15) is 0 Å². The fourth-order valence-corrected chi connectivity index (χ4v) is 3.16. The van der Waals surface area contributed by atoms with E-state index in [1.54, 1.807) is 0 Å². The summed E-state index contributed by atoms with van der Waals surface area (Å²) in [6.45, 7) is 4.95. The second-order valence-corrected chi connectivity index (χ2v) is 5.97. The second kappa shape index (κ2) is 5.54. The highest BCUT2D eigenvalue weighted by Gasteiger charge is 2.28. The Balaban J connectivity index is 1.73. The van der Waals surface area contributed by atoms with Crippen molar-refractivity contribution in [3.8, 4) is 0 Å². The first-order valence-electron chi connectivity index (χ1n) is 7.48. The van der Waals surface area contributed by atoms with E-state index in [0.717, 1.165) is 38.2 Å². The minimum atomic E-state index is -0.0615. The molecular weight excluding hydrogens is 250 g/mol. The summed E-state index contributed by atoms with van der Waals surface area (Å²) in [5.41, 5.74) is 2.38. The minimum Gasteiger partial charge on any atom is -0.393 e. The average molecular weight is 273 g/mol. The summed E-state index contributed by atoms with van der Waals surface area (Å²) in [6, 6.07) is 8.44. The first-order chi connectivity index (χ1) is 9.67. The van der Waals surface area contributed by atoms with Gasteiger partial charge in [-0.3, -0.25) is 4.68 Å². The number of aliphatic hydroxyl groups is 1. The topological polar surface area (TPSA) is 41.3 Å². The molecule has 0 unspecified atom stereocenters. The lowest BCUT2D eigenvalue weighted by Gasteiger charge is -2.34. The maximum absolute atomic E-state index is 9.36. The van der Waals surface area contributed by atoms with E-state index in [9.17, 15) is 5.11 Å². The fraction of sp³-hybridized carbons (Fsp3) is 0.562. The lowest BCUT2D eigenvalue weighted by atomic mass is 9.82. The molecule has 1 aromatic heterocycles. The molecule has 0 atom stereocenters. The molecule has 1 heterocycles. The molecule has 3 rings (SSSR count). The number of benzene rings is 1. The van der Waals surface area contributed by atoms with Crippen molar-refractivity contribution in [2.24, 2.45) is 5.92 Å². The first-order valence-corrected chi connectivity index (χ1v) is 7.48. The number of hydrogen-bond donors (Lipinski definition) is 1. The van der Waals surface area contributed by atoms with Crippen LogP contribution in [0.5, 0.6) is 0 Å². The molecule has 1 aliphatic carbocycles. The summed E-state index contributed by atoms with van der Waals surface area (Å²) >= 11 is 0. The zero-order valence-electron chi connectivity index (χ0n) is 12.3. The normalized spacial score (nSPS) is 22.4. The largest absolute Gasteiger partial charge is 0.393 e. The third-order valence-corrected chi connectivity index (χ3v) is 4.23. The van der Waals surface area contributed by atoms with Crippen LogP contribution in [0.4, 0.5) is 0 Å². The highest BCUT2D eigenvalue weighted by molar-refractivity contribution is 5.81. The van der Waals surface area contributed by atoms with Gasteiger partial charge in [-0.05, 0) is 38.8 Å². The van der Waals surface area contributed by atoms with Crippen LogP contribution in [0.25, 0.3) is 10.9 Å². The van der Waals surface area contributed by atoms with Crippen LogP contribution in [0.15, 0.2) is 24.3 Å². The Morgan fingerprint density at radius 2 is 2.10 bits per heavy atom. The molecule has 0 radical (unpaired) electrons. The zero-order valence-corrected chi connectivity index (χ0v) is 12.3. The smallest absolute Gasteiger partial charge is 0.0843 e. The molecule has 1 saturated carbocycles. The van der Waals surface area contributed by atoms with E-state index in [0.29, 0.717) is 5.92 Å². The third-order valence-electron chi connectivity index (χ3n) is 4.23. The summed E-state index contributed by atoms with van der Waals surface area (Å²) in [5, 5.41) is 15.4. The predicted octanol–water partition coefficient (Wildman–Crippen LogP) is 2.26. The molecule has 0 spiro atoms. The minimum absolute atomic E-state index is 0.0615. The van der Waals surface area contributed by atoms with E-state index in [1.807, 2.05) is 0 Å². The molecule has 4 heteroatoms. The third kappa shape index (κ3) is 2.58. The number of fused-ring (bicyclic) bond motifs is 1. The van der Waals surface area contributed by atoms with E-state index in [1.165, 1.54) is 10.9 Å². The highest BCUT2D eigenvalue weighted by Crippen LogP contribution is 2.28. The van der Waals surface area contributed by atoms with E-state index in [2.05, 4.69) is 47.8 Å². The summed E-state index contributed by atoms with van der Waals surface area (Å²) in [6.07, 6.45) is 1.84. The number of hydrogen-bond acceptors (Lipinski definition) is 3. The fourth-order valence-electron chi connectivity index (χ4n) is 3.16. The predicted molar refractivity (Wildman–Crippen MR) is 80.5 cm³/mol. The van der Waals surface area contributed by atoms with Gasteiger partial charge in [0.25, 0.3) is 0 Å². The van der Waals surface area contributed by atoms with Crippen molar-refractivity contribution < 1.29 is 5.11 Å². The van der Waals surface area contributed by atoms with Gasteiger partial charge >= 0.3 is 0 Å². The average Bonchev–Trinajstić information content (AvgIpc) is 2.75. The van der Waals surface area contributed by atoms with Crippen LogP contribution in [0.1, 0.15) is 25.5 Å². The van der Waals surface area contributed by atoms with Gasteiger partial charge in [0.2, 0.25) is 0 Å². The van der Waals surface area contributed by atoms with Crippen LogP contribution in [0.3, 0.4) is 0 Å². The van der Waals surface area contributed by atoms with E-state index >= 15 is 0 Å². The van der Waals surface area contributed by atoms with Crippen LogP contribution >= 0.6 is 0 Å². The van der Waals surface area contributed by atoms with Crippen LogP contribution in [0, 0.1) is 5.92 Å². The van der Waals surface area contributed by atoms with Crippen molar-refractivity contribution in [2.45, 2.75) is 39.0 Å².